The van der Waals surface area contributed by atoms with Gasteiger partial charge in [-0.05, 0) is 49.6 Å². The molecule has 0 saturated carbocycles. The zero-order valence-electron chi connectivity index (χ0n) is 16.1. The smallest absolute Gasteiger partial charge is 0.250 e. The Bertz CT molecular complexity index is 893. The lowest BCUT2D eigenvalue weighted by molar-refractivity contribution is 0.1000. The first-order valence-electron chi connectivity index (χ1n) is 9.35. The summed E-state index contributed by atoms with van der Waals surface area (Å²) < 4.78 is 5.72. The highest BCUT2D eigenvalue weighted by Crippen LogP contribution is 2.21. The molecule has 3 rings (SSSR count). The summed E-state index contributed by atoms with van der Waals surface area (Å²) in [6.07, 6.45) is 2.33. The van der Waals surface area contributed by atoms with Crippen LogP contribution in [0.5, 0.6) is 11.6 Å². The minimum Gasteiger partial charge on any atom is -0.439 e. The van der Waals surface area contributed by atoms with Gasteiger partial charge in [0.1, 0.15) is 5.75 Å². The molecule has 0 bridgehead atoms. The van der Waals surface area contributed by atoms with Crippen LogP contribution in [0, 0.1) is 0 Å². The second-order valence-electron chi connectivity index (χ2n) is 6.90. The number of primary amides is 1. The summed E-state index contributed by atoms with van der Waals surface area (Å²) in [4.78, 5) is 15.2. The number of nitrogens with zero attached hydrogens (tertiary/aromatic N) is 1. The van der Waals surface area contributed by atoms with Crippen LogP contribution in [0.4, 0.5) is 0 Å². The van der Waals surface area contributed by atoms with Crippen LogP contribution < -0.4 is 15.8 Å². The minimum absolute atomic E-state index is 0.299. The first-order chi connectivity index (χ1) is 13.5. The van der Waals surface area contributed by atoms with Gasteiger partial charge in [0.25, 0.3) is 0 Å². The number of ether oxygens (including phenoxy) is 1. The van der Waals surface area contributed by atoms with Crippen molar-refractivity contribution in [3.63, 3.8) is 0 Å². The van der Waals surface area contributed by atoms with Crippen LogP contribution in [0.15, 0.2) is 72.9 Å². The van der Waals surface area contributed by atoms with E-state index in [0.29, 0.717) is 29.3 Å². The predicted molar refractivity (Wildman–Crippen MR) is 110 cm³/mol. The maximum atomic E-state index is 11.1. The molecule has 0 radical (unpaired) electrons. The molecule has 28 heavy (non-hydrogen) atoms. The maximum absolute atomic E-state index is 11.1. The van der Waals surface area contributed by atoms with Gasteiger partial charge in [0.2, 0.25) is 11.8 Å². The number of hydrogen-bond donors (Lipinski definition) is 2. The molecule has 2 atom stereocenters. The van der Waals surface area contributed by atoms with E-state index >= 15 is 0 Å². The number of carbonyl (C=O) groups is 1. The minimum atomic E-state index is -0.507. The molecule has 0 fully saturated rings. The molecule has 3 aromatic rings. The van der Waals surface area contributed by atoms with Crippen LogP contribution in [0.3, 0.4) is 0 Å². The average molecular weight is 375 g/mol. The highest BCUT2D eigenvalue weighted by atomic mass is 16.5. The Labute approximate surface area is 165 Å². The van der Waals surface area contributed by atoms with Gasteiger partial charge in [0, 0.05) is 24.3 Å². The fourth-order valence-corrected chi connectivity index (χ4v) is 3.08. The Balaban J connectivity index is 1.54. The van der Waals surface area contributed by atoms with E-state index in [1.165, 1.54) is 17.3 Å². The van der Waals surface area contributed by atoms with Gasteiger partial charge >= 0.3 is 0 Å². The number of hydrogen-bond acceptors (Lipinski definition) is 4. The molecule has 5 heteroatoms. The van der Waals surface area contributed by atoms with Crippen LogP contribution in [-0.4, -0.2) is 16.9 Å². The van der Waals surface area contributed by atoms with Crippen molar-refractivity contribution < 1.29 is 9.53 Å². The third-order valence-electron chi connectivity index (χ3n) is 4.54. The zero-order valence-corrected chi connectivity index (χ0v) is 16.1. The summed E-state index contributed by atoms with van der Waals surface area (Å²) in [6.45, 7) is 4.37. The van der Waals surface area contributed by atoms with E-state index in [1.54, 1.807) is 12.1 Å². The molecule has 1 heterocycles. The summed E-state index contributed by atoms with van der Waals surface area (Å²) in [7, 11) is 0. The van der Waals surface area contributed by atoms with Crippen molar-refractivity contribution in [2.45, 2.75) is 32.4 Å². The third-order valence-corrected chi connectivity index (χ3v) is 4.54. The predicted octanol–water partition coefficient (Wildman–Crippen LogP) is 4.25. The summed E-state index contributed by atoms with van der Waals surface area (Å²) >= 11 is 0. The van der Waals surface area contributed by atoms with Gasteiger partial charge in [-0.1, -0.05) is 42.5 Å². The maximum Gasteiger partial charge on any atom is 0.250 e. The third kappa shape index (κ3) is 5.41. The van der Waals surface area contributed by atoms with Gasteiger partial charge in [0.05, 0.1) is 5.56 Å². The topological polar surface area (TPSA) is 77.2 Å². The number of pyridine rings is 1. The van der Waals surface area contributed by atoms with Crippen molar-refractivity contribution in [2.75, 3.05) is 0 Å². The fraction of sp³-hybridized carbons (Fsp3) is 0.217. The standard InChI is InChI=1S/C23H25N3O2/c1-16(26-17(2)19-6-4-3-5-7-19)14-18-8-11-21(12-9-18)28-22-13-10-20(15-25-22)23(24)27/h3-13,15-17,26H,14H2,1-2H3,(H2,24,27)/t16?,17-/m1/s1. The van der Waals surface area contributed by atoms with Gasteiger partial charge in [-0.25, -0.2) is 4.98 Å². The molecule has 5 nitrogen and oxygen atoms in total. The van der Waals surface area contributed by atoms with Gasteiger partial charge in [-0.15, -0.1) is 0 Å². The van der Waals surface area contributed by atoms with Crippen molar-refractivity contribution in [1.29, 1.82) is 0 Å². The molecule has 144 valence electrons. The Morgan fingerprint density at radius 2 is 1.75 bits per heavy atom. The Kier molecular flexibility index (Phi) is 6.40. The number of amides is 1. The van der Waals surface area contributed by atoms with E-state index in [9.17, 15) is 4.79 Å². The first-order valence-corrected chi connectivity index (χ1v) is 9.35. The zero-order chi connectivity index (χ0) is 19.9. The highest BCUT2D eigenvalue weighted by Gasteiger charge is 2.10. The second kappa shape index (κ2) is 9.15. The molecule has 1 amide bonds. The molecule has 1 aromatic heterocycles. The SMILES string of the molecule is CC(Cc1ccc(Oc2ccc(C(N)=O)cn2)cc1)N[C@H](C)c1ccccc1. The number of nitrogens with two attached hydrogens (primary N) is 1. The summed E-state index contributed by atoms with van der Waals surface area (Å²) in [5.74, 6) is 0.610. The van der Waals surface area contributed by atoms with E-state index in [2.05, 4.69) is 60.5 Å². The quantitative estimate of drug-likeness (QED) is 0.617. The van der Waals surface area contributed by atoms with E-state index in [1.807, 2.05) is 18.2 Å². The molecular weight excluding hydrogens is 350 g/mol. The van der Waals surface area contributed by atoms with Gasteiger partial charge in [-0.2, -0.15) is 0 Å². The molecule has 1 unspecified atom stereocenters. The molecule has 0 saturated heterocycles. The Hall–Kier alpha value is -3.18. The highest BCUT2D eigenvalue weighted by molar-refractivity contribution is 5.92. The van der Waals surface area contributed by atoms with E-state index in [4.69, 9.17) is 10.5 Å². The molecule has 2 aromatic carbocycles. The average Bonchev–Trinajstić information content (AvgIpc) is 2.70. The molecule has 0 aliphatic heterocycles. The summed E-state index contributed by atoms with van der Waals surface area (Å²) in [5, 5.41) is 3.63. The molecule has 0 aliphatic carbocycles. The molecular formula is C23H25N3O2. The number of carbonyl (C=O) groups excluding carboxylic acids is 1. The van der Waals surface area contributed by atoms with Crippen molar-refractivity contribution in [1.82, 2.24) is 10.3 Å². The number of aromatic nitrogens is 1. The fourth-order valence-electron chi connectivity index (χ4n) is 3.08. The van der Waals surface area contributed by atoms with Crippen molar-refractivity contribution >= 4 is 5.91 Å². The van der Waals surface area contributed by atoms with Crippen LogP contribution in [0.2, 0.25) is 0 Å². The Morgan fingerprint density at radius 1 is 1.04 bits per heavy atom. The van der Waals surface area contributed by atoms with Crippen molar-refractivity contribution in [2.24, 2.45) is 5.73 Å². The van der Waals surface area contributed by atoms with E-state index in [-0.39, 0.29) is 0 Å². The van der Waals surface area contributed by atoms with Crippen LogP contribution >= 0.6 is 0 Å². The lowest BCUT2D eigenvalue weighted by atomic mass is 10.0. The van der Waals surface area contributed by atoms with Gasteiger partial charge in [-0.3, -0.25) is 4.79 Å². The normalized spacial score (nSPS) is 12.9. The summed E-state index contributed by atoms with van der Waals surface area (Å²) in [5.41, 5.74) is 8.08. The van der Waals surface area contributed by atoms with Crippen molar-refractivity contribution in [3.05, 3.63) is 89.6 Å². The number of nitrogens with one attached hydrogen (secondary N) is 1. The second-order valence-corrected chi connectivity index (χ2v) is 6.90. The van der Waals surface area contributed by atoms with Crippen LogP contribution in [0.25, 0.3) is 0 Å². The van der Waals surface area contributed by atoms with E-state index < -0.39 is 5.91 Å². The summed E-state index contributed by atoms with van der Waals surface area (Å²) in [6, 6.07) is 22.3. The monoisotopic (exact) mass is 375 g/mol. The molecule has 0 aliphatic rings. The first kappa shape index (κ1) is 19.6. The molecule has 0 spiro atoms. The van der Waals surface area contributed by atoms with Gasteiger partial charge < -0.3 is 15.8 Å². The van der Waals surface area contributed by atoms with Crippen LogP contribution in [0.1, 0.15) is 41.4 Å². The molecule has 3 N–H and O–H groups in total. The van der Waals surface area contributed by atoms with Crippen molar-refractivity contribution in [3.8, 4) is 11.6 Å². The Morgan fingerprint density at radius 3 is 2.36 bits per heavy atom. The van der Waals surface area contributed by atoms with Crippen LogP contribution in [-0.2, 0) is 6.42 Å². The number of rotatable bonds is 8. The van der Waals surface area contributed by atoms with Gasteiger partial charge in [0.15, 0.2) is 0 Å². The largest absolute Gasteiger partial charge is 0.439 e. The lowest BCUT2D eigenvalue weighted by Crippen LogP contribution is -2.30. The van der Waals surface area contributed by atoms with E-state index in [0.717, 1.165) is 6.42 Å². The lowest BCUT2D eigenvalue weighted by Gasteiger charge is -2.20. The number of benzene rings is 2.